The van der Waals surface area contributed by atoms with Crippen LogP contribution in [0.25, 0.3) is 0 Å². The van der Waals surface area contributed by atoms with E-state index in [1.165, 1.54) is 17.5 Å². The van der Waals surface area contributed by atoms with Crippen molar-refractivity contribution in [2.24, 2.45) is 0 Å². The van der Waals surface area contributed by atoms with E-state index >= 15 is 0 Å². The number of thiazole rings is 1. The van der Waals surface area contributed by atoms with Gasteiger partial charge in [-0.3, -0.25) is 0 Å². The first-order valence-corrected chi connectivity index (χ1v) is 8.31. The van der Waals surface area contributed by atoms with Crippen LogP contribution in [0.2, 0.25) is 0 Å². The highest BCUT2D eigenvalue weighted by atomic mass is 35.5. The monoisotopic (exact) mass is 294 g/mol. The average molecular weight is 295 g/mol. The maximum absolute atomic E-state index is 12.1. The number of hydrogen-bond acceptors (Lipinski definition) is 4. The summed E-state index contributed by atoms with van der Waals surface area (Å²) in [6.45, 7) is 1.79. The second-order valence-electron chi connectivity index (χ2n) is 4.23. The molecule has 1 aromatic heterocycles. The van der Waals surface area contributed by atoms with Crippen molar-refractivity contribution in [1.29, 1.82) is 0 Å². The van der Waals surface area contributed by atoms with Gasteiger partial charge < -0.3 is 0 Å². The lowest BCUT2D eigenvalue weighted by atomic mass is 9.96. The molecule has 96 valence electrons. The van der Waals surface area contributed by atoms with Gasteiger partial charge in [0.15, 0.2) is 4.21 Å². The number of nitrogens with one attached hydrogen (secondary N) is 1. The lowest BCUT2D eigenvalue weighted by Gasteiger charge is -2.27. The average Bonchev–Trinajstić information content (AvgIpc) is 2.69. The third-order valence-electron chi connectivity index (χ3n) is 2.85. The summed E-state index contributed by atoms with van der Waals surface area (Å²) >= 11 is 7.32. The van der Waals surface area contributed by atoms with E-state index in [0.29, 0.717) is 0 Å². The molecule has 17 heavy (non-hydrogen) atoms. The second-order valence-corrected chi connectivity index (χ2v) is 7.96. The molecule has 1 fully saturated rings. The van der Waals surface area contributed by atoms with Crippen LogP contribution < -0.4 is 4.72 Å². The van der Waals surface area contributed by atoms with Crippen LogP contribution in [0.15, 0.2) is 10.4 Å². The number of hydrogen-bond donors (Lipinski definition) is 1. The summed E-state index contributed by atoms with van der Waals surface area (Å²) in [4.78, 5) is 3.96. The second kappa shape index (κ2) is 5.22. The zero-order chi connectivity index (χ0) is 12.5. The number of sulfonamides is 1. The first-order valence-electron chi connectivity index (χ1n) is 5.58. The maximum atomic E-state index is 12.1. The summed E-state index contributed by atoms with van der Waals surface area (Å²) < 4.78 is 27.1. The molecular weight excluding hydrogens is 280 g/mol. The van der Waals surface area contributed by atoms with Crippen LogP contribution in [0, 0.1) is 6.92 Å². The Balaban J connectivity index is 2.11. The van der Waals surface area contributed by atoms with Crippen molar-refractivity contribution in [2.45, 2.75) is 48.2 Å². The molecule has 0 radical (unpaired) electrons. The van der Waals surface area contributed by atoms with Crippen molar-refractivity contribution >= 4 is 33.0 Å². The predicted molar refractivity (Wildman–Crippen MR) is 69.1 cm³/mol. The molecule has 4 nitrogen and oxygen atoms in total. The first kappa shape index (κ1) is 13.3. The van der Waals surface area contributed by atoms with Crippen molar-refractivity contribution in [1.82, 2.24) is 9.71 Å². The molecule has 0 bridgehead atoms. The van der Waals surface area contributed by atoms with E-state index < -0.39 is 10.0 Å². The van der Waals surface area contributed by atoms with Crippen molar-refractivity contribution < 1.29 is 8.42 Å². The molecular formula is C10H15ClN2O2S2. The number of rotatable bonds is 3. The highest BCUT2D eigenvalue weighted by Gasteiger charge is 2.28. The largest absolute Gasteiger partial charge is 0.251 e. The highest BCUT2D eigenvalue weighted by molar-refractivity contribution is 7.91. The van der Waals surface area contributed by atoms with Crippen LogP contribution in [0.5, 0.6) is 0 Å². The fourth-order valence-electron chi connectivity index (χ4n) is 1.94. The first-order chi connectivity index (χ1) is 7.99. The molecule has 2 rings (SSSR count). The van der Waals surface area contributed by atoms with Crippen molar-refractivity contribution in [3.05, 3.63) is 11.2 Å². The smallest absolute Gasteiger partial charge is 0.249 e. The van der Waals surface area contributed by atoms with E-state index in [4.69, 9.17) is 11.6 Å². The van der Waals surface area contributed by atoms with Gasteiger partial charge in [-0.25, -0.2) is 18.1 Å². The van der Waals surface area contributed by atoms with Crippen LogP contribution in [0.3, 0.4) is 0 Å². The van der Waals surface area contributed by atoms with Crippen molar-refractivity contribution in [2.75, 3.05) is 0 Å². The summed E-state index contributed by atoms with van der Waals surface area (Å²) in [6.07, 6.45) is 5.18. The predicted octanol–water partition coefficient (Wildman–Crippen LogP) is 2.28. The van der Waals surface area contributed by atoms with Gasteiger partial charge in [0, 0.05) is 11.4 Å². The minimum Gasteiger partial charge on any atom is -0.249 e. The molecule has 1 aromatic rings. The molecule has 7 heteroatoms. The minimum atomic E-state index is -3.45. The minimum absolute atomic E-state index is 0.104. The van der Waals surface area contributed by atoms with Gasteiger partial charge in [0.1, 0.15) is 0 Å². The molecule has 0 amide bonds. The van der Waals surface area contributed by atoms with Gasteiger partial charge in [-0.2, -0.15) is 0 Å². The number of alkyl halides is 1. The zero-order valence-electron chi connectivity index (χ0n) is 9.52. The highest BCUT2D eigenvalue weighted by Crippen LogP contribution is 2.25. The van der Waals surface area contributed by atoms with Gasteiger partial charge in [0.25, 0.3) is 10.0 Å². The number of halogens is 1. The zero-order valence-corrected chi connectivity index (χ0v) is 11.9. The van der Waals surface area contributed by atoms with Crippen LogP contribution in [-0.2, 0) is 10.0 Å². The third kappa shape index (κ3) is 3.19. The van der Waals surface area contributed by atoms with E-state index in [-0.39, 0.29) is 15.6 Å². The van der Waals surface area contributed by atoms with Gasteiger partial charge in [-0.15, -0.1) is 22.9 Å². The number of nitrogens with zero attached hydrogens (tertiary/aromatic N) is 1. The Morgan fingerprint density at radius 1 is 1.47 bits per heavy atom. The number of aromatic nitrogens is 1. The van der Waals surface area contributed by atoms with Gasteiger partial charge in [-0.05, 0) is 19.8 Å². The Morgan fingerprint density at radius 2 is 2.18 bits per heavy atom. The molecule has 0 aromatic carbocycles. The lowest BCUT2D eigenvalue weighted by Crippen LogP contribution is -2.42. The Morgan fingerprint density at radius 3 is 2.76 bits per heavy atom. The third-order valence-corrected chi connectivity index (χ3v) is 6.24. The fourth-order valence-corrected chi connectivity index (χ4v) is 4.80. The summed E-state index contributed by atoms with van der Waals surface area (Å²) in [5, 5.41) is 0.643. The topological polar surface area (TPSA) is 59.1 Å². The summed E-state index contributed by atoms with van der Waals surface area (Å²) in [6, 6.07) is -0.155. The van der Waals surface area contributed by atoms with Crippen LogP contribution in [0.1, 0.15) is 30.7 Å². The van der Waals surface area contributed by atoms with Gasteiger partial charge in [0.05, 0.1) is 11.2 Å². The van der Waals surface area contributed by atoms with E-state index in [0.717, 1.165) is 30.7 Å². The summed E-state index contributed by atoms with van der Waals surface area (Å²) in [5.74, 6) is 0. The SMILES string of the molecule is Cc1ncc(S(=O)(=O)NC2CCCCC2Cl)s1. The Labute approximate surface area is 110 Å². The molecule has 1 aliphatic rings. The van der Waals surface area contributed by atoms with E-state index in [1.54, 1.807) is 6.92 Å². The Bertz CT molecular complexity index is 486. The fraction of sp³-hybridized carbons (Fsp3) is 0.700. The van der Waals surface area contributed by atoms with Gasteiger partial charge >= 0.3 is 0 Å². The van der Waals surface area contributed by atoms with Crippen LogP contribution >= 0.6 is 22.9 Å². The molecule has 1 saturated carbocycles. The maximum Gasteiger partial charge on any atom is 0.251 e. The normalized spacial score (nSPS) is 26.0. The lowest BCUT2D eigenvalue weighted by molar-refractivity contribution is 0.418. The Hall–Kier alpha value is -0.170. The number of aryl methyl sites for hydroxylation is 1. The van der Waals surface area contributed by atoms with Crippen LogP contribution in [0.4, 0.5) is 0 Å². The van der Waals surface area contributed by atoms with Crippen LogP contribution in [-0.4, -0.2) is 24.8 Å². The van der Waals surface area contributed by atoms with E-state index in [9.17, 15) is 8.42 Å². The molecule has 0 spiro atoms. The molecule has 1 heterocycles. The molecule has 1 N–H and O–H groups in total. The summed E-state index contributed by atoms with van der Waals surface area (Å²) in [5.41, 5.74) is 0. The Kier molecular flexibility index (Phi) is 4.07. The van der Waals surface area contributed by atoms with Gasteiger partial charge in [0.2, 0.25) is 0 Å². The van der Waals surface area contributed by atoms with Gasteiger partial charge in [-0.1, -0.05) is 12.8 Å². The molecule has 0 saturated heterocycles. The van der Waals surface area contributed by atoms with Crippen molar-refractivity contribution in [3.8, 4) is 0 Å². The molecule has 2 unspecified atom stereocenters. The molecule has 1 aliphatic carbocycles. The quantitative estimate of drug-likeness (QED) is 0.870. The van der Waals surface area contributed by atoms with E-state index in [1.807, 2.05) is 0 Å². The van der Waals surface area contributed by atoms with E-state index in [2.05, 4.69) is 9.71 Å². The molecule has 0 aliphatic heterocycles. The van der Waals surface area contributed by atoms with Crippen molar-refractivity contribution in [3.63, 3.8) is 0 Å². The standard InChI is InChI=1S/C10H15ClN2O2S2/c1-7-12-6-10(16-7)17(14,15)13-9-5-3-2-4-8(9)11/h6,8-9,13H,2-5H2,1H3. The summed E-state index contributed by atoms with van der Waals surface area (Å²) in [7, 11) is -3.45. The molecule has 2 atom stereocenters.